The summed E-state index contributed by atoms with van der Waals surface area (Å²) in [7, 11) is 0. The summed E-state index contributed by atoms with van der Waals surface area (Å²) in [5.41, 5.74) is 7.77. The average Bonchev–Trinajstić information content (AvgIpc) is 3.61. The van der Waals surface area contributed by atoms with E-state index in [1.807, 2.05) is 67.9 Å². The van der Waals surface area contributed by atoms with E-state index in [1.54, 1.807) is 18.7 Å². The van der Waals surface area contributed by atoms with Crippen molar-refractivity contribution in [2.24, 2.45) is 5.92 Å². The SMILES string of the molecule is Cc1cn(-c2cccc3[nH]c(-c4n[nH]c5ccc(-c6cncc(NC(=O)C(C)C)c6)nc45)nc23)cn1. The van der Waals surface area contributed by atoms with E-state index >= 15 is 0 Å². The van der Waals surface area contributed by atoms with Crippen LogP contribution in [0, 0.1) is 12.8 Å². The number of imidazole rings is 2. The van der Waals surface area contributed by atoms with Crippen LogP contribution in [0.3, 0.4) is 0 Å². The number of nitrogens with zero attached hydrogens (tertiary/aromatic N) is 6. The molecule has 0 aliphatic heterocycles. The first kappa shape index (κ1) is 21.7. The lowest BCUT2D eigenvalue weighted by atomic mass is 10.1. The van der Waals surface area contributed by atoms with Crippen molar-refractivity contribution in [2.75, 3.05) is 5.32 Å². The molecule has 178 valence electrons. The zero-order valence-corrected chi connectivity index (χ0v) is 19.9. The van der Waals surface area contributed by atoms with Gasteiger partial charge in [0.2, 0.25) is 5.91 Å². The van der Waals surface area contributed by atoms with E-state index in [9.17, 15) is 4.79 Å². The molecule has 0 saturated carbocycles. The predicted molar refractivity (Wildman–Crippen MR) is 138 cm³/mol. The molecular weight excluding hydrogens is 454 g/mol. The van der Waals surface area contributed by atoms with Gasteiger partial charge in [-0.3, -0.25) is 14.9 Å². The molecule has 0 unspecified atom stereocenters. The highest BCUT2D eigenvalue weighted by Crippen LogP contribution is 2.30. The number of hydrogen-bond donors (Lipinski definition) is 3. The van der Waals surface area contributed by atoms with Crippen LogP contribution in [0.1, 0.15) is 19.5 Å². The van der Waals surface area contributed by atoms with Crippen LogP contribution in [0.25, 0.3) is 50.5 Å². The number of aromatic nitrogens is 8. The van der Waals surface area contributed by atoms with Crippen LogP contribution in [0.2, 0.25) is 0 Å². The largest absolute Gasteiger partial charge is 0.336 e. The molecule has 6 rings (SSSR count). The number of H-pyrrole nitrogens is 2. The first-order valence-corrected chi connectivity index (χ1v) is 11.6. The third-order valence-electron chi connectivity index (χ3n) is 5.94. The monoisotopic (exact) mass is 477 g/mol. The van der Waals surface area contributed by atoms with Crippen molar-refractivity contribution in [3.8, 4) is 28.5 Å². The van der Waals surface area contributed by atoms with Crippen LogP contribution >= 0.6 is 0 Å². The van der Waals surface area contributed by atoms with E-state index in [4.69, 9.17) is 9.97 Å². The fraction of sp³-hybridized carbons (Fsp3) is 0.154. The fourth-order valence-electron chi connectivity index (χ4n) is 4.05. The first-order chi connectivity index (χ1) is 17.5. The van der Waals surface area contributed by atoms with E-state index in [0.29, 0.717) is 28.4 Å². The normalized spacial score (nSPS) is 11.6. The van der Waals surface area contributed by atoms with E-state index in [1.165, 1.54) is 0 Å². The predicted octanol–water partition coefficient (Wildman–Crippen LogP) is 4.65. The van der Waals surface area contributed by atoms with Gasteiger partial charge in [0.1, 0.15) is 11.0 Å². The molecule has 0 radical (unpaired) electrons. The van der Waals surface area contributed by atoms with Gasteiger partial charge < -0.3 is 14.9 Å². The average molecular weight is 478 g/mol. The van der Waals surface area contributed by atoms with Crippen LogP contribution in [0.4, 0.5) is 5.69 Å². The molecular formula is C26H23N9O. The quantitative estimate of drug-likeness (QED) is 0.331. The van der Waals surface area contributed by atoms with Gasteiger partial charge in [-0.2, -0.15) is 5.10 Å². The van der Waals surface area contributed by atoms with Gasteiger partial charge in [0, 0.05) is 23.9 Å². The van der Waals surface area contributed by atoms with Crippen molar-refractivity contribution in [3.63, 3.8) is 0 Å². The zero-order chi connectivity index (χ0) is 24.8. The van der Waals surface area contributed by atoms with E-state index in [-0.39, 0.29) is 11.8 Å². The number of aryl methyl sites for hydroxylation is 1. The maximum Gasteiger partial charge on any atom is 0.226 e. The van der Waals surface area contributed by atoms with Crippen LogP contribution in [0.15, 0.2) is 61.3 Å². The summed E-state index contributed by atoms with van der Waals surface area (Å²) in [6.07, 6.45) is 7.09. The van der Waals surface area contributed by atoms with Crippen molar-refractivity contribution in [1.29, 1.82) is 0 Å². The van der Waals surface area contributed by atoms with Gasteiger partial charge in [-0.15, -0.1) is 0 Å². The minimum Gasteiger partial charge on any atom is -0.336 e. The highest BCUT2D eigenvalue weighted by Gasteiger charge is 2.17. The Balaban J connectivity index is 1.41. The second-order valence-electron chi connectivity index (χ2n) is 8.95. The van der Waals surface area contributed by atoms with Crippen molar-refractivity contribution >= 4 is 33.7 Å². The molecule has 0 spiro atoms. The molecule has 0 fully saturated rings. The number of carbonyl (C=O) groups is 1. The lowest BCUT2D eigenvalue weighted by Crippen LogP contribution is -2.17. The molecule has 3 N–H and O–H groups in total. The molecule has 1 amide bonds. The molecule has 0 saturated heterocycles. The van der Waals surface area contributed by atoms with Crippen molar-refractivity contribution in [1.82, 2.24) is 39.7 Å². The number of nitrogens with one attached hydrogen (secondary N) is 3. The summed E-state index contributed by atoms with van der Waals surface area (Å²) in [4.78, 5) is 33.9. The van der Waals surface area contributed by atoms with Crippen molar-refractivity contribution in [2.45, 2.75) is 20.8 Å². The Morgan fingerprint density at radius 1 is 1.06 bits per heavy atom. The second-order valence-corrected chi connectivity index (χ2v) is 8.95. The number of para-hydroxylation sites is 1. The van der Waals surface area contributed by atoms with Crippen LogP contribution in [-0.2, 0) is 4.79 Å². The Hall–Kier alpha value is -4.86. The smallest absolute Gasteiger partial charge is 0.226 e. The Morgan fingerprint density at radius 2 is 1.94 bits per heavy atom. The number of rotatable bonds is 5. The van der Waals surface area contributed by atoms with Gasteiger partial charge in [-0.05, 0) is 37.3 Å². The third kappa shape index (κ3) is 3.78. The van der Waals surface area contributed by atoms with Crippen LogP contribution in [0.5, 0.6) is 0 Å². The summed E-state index contributed by atoms with van der Waals surface area (Å²) < 4.78 is 1.96. The summed E-state index contributed by atoms with van der Waals surface area (Å²) in [6, 6.07) is 11.7. The highest BCUT2D eigenvalue weighted by molar-refractivity contribution is 5.94. The fourth-order valence-corrected chi connectivity index (χ4v) is 4.05. The molecule has 10 heteroatoms. The van der Waals surface area contributed by atoms with Crippen molar-refractivity contribution < 1.29 is 4.79 Å². The topological polar surface area (TPSA) is 130 Å². The number of aromatic amines is 2. The zero-order valence-electron chi connectivity index (χ0n) is 19.9. The number of amides is 1. The van der Waals surface area contributed by atoms with E-state index in [2.05, 4.69) is 30.5 Å². The van der Waals surface area contributed by atoms with Gasteiger partial charge in [-0.25, -0.2) is 15.0 Å². The molecule has 6 aromatic rings. The molecule has 0 aliphatic carbocycles. The molecule has 5 aromatic heterocycles. The molecule has 0 bridgehead atoms. The molecule has 0 aliphatic rings. The summed E-state index contributed by atoms with van der Waals surface area (Å²) >= 11 is 0. The Morgan fingerprint density at radius 3 is 2.75 bits per heavy atom. The molecule has 1 aromatic carbocycles. The van der Waals surface area contributed by atoms with Gasteiger partial charge in [0.15, 0.2) is 11.5 Å². The number of fused-ring (bicyclic) bond motifs is 2. The molecule has 10 nitrogen and oxygen atoms in total. The lowest BCUT2D eigenvalue weighted by Gasteiger charge is -2.08. The van der Waals surface area contributed by atoms with Gasteiger partial charge in [-0.1, -0.05) is 19.9 Å². The minimum absolute atomic E-state index is 0.0652. The Labute approximate surface area is 205 Å². The number of carbonyl (C=O) groups excluding carboxylic acids is 1. The molecule has 0 atom stereocenters. The summed E-state index contributed by atoms with van der Waals surface area (Å²) in [6.45, 7) is 5.65. The maximum absolute atomic E-state index is 12.1. The Bertz CT molecular complexity index is 1740. The van der Waals surface area contributed by atoms with Gasteiger partial charge in [0.25, 0.3) is 0 Å². The molecule has 5 heterocycles. The van der Waals surface area contributed by atoms with Crippen LogP contribution in [-0.4, -0.2) is 45.6 Å². The number of pyridine rings is 2. The van der Waals surface area contributed by atoms with Crippen LogP contribution < -0.4 is 5.32 Å². The van der Waals surface area contributed by atoms with Gasteiger partial charge >= 0.3 is 0 Å². The van der Waals surface area contributed by atoms with E-state index < -0.39 is 0 Å². The van der Waals surface area contributed by atoms with Crippen molar-refractivity contribution in [3.05, 3.63) is 67.0 Å². The highest BCUT2D eigenvalue weighted by atomic mass is 16.1. The maximum atomic E-state index is 12.1. The standard InChI is InChI=1S/C26H23N9O/c1-14(2)26(36)29-17-9-16(10-27-11-17)18-7-8-20-23(30-18)24(34-33-20)25-31-19-5-4-6-21(22(19)32-25)35-12-15(3)28-13-35/h4-14H,1-3H3,(H,29,36)(H,31,32)(H,33,34). The first-order valence-electron chi connectivity index (χ1n) is 11.6. The Kier molecular flexibility index (Phi) is 5.06. The molecule has 36 heavy (non-hydrogen) atoms. The summed E-state index contributed by atoms with van der Waals surface area (Å²) in [5, 5.41) is 10.4. The number of benzene rings is 1. The lowest BCUT2D eigenvalue weighted by molar-refractivity contribution is -0.118. The number of anilines is 1. The second kappa shape index (κ2) is 8.42. The summed E-state index contributed by atoms with van der Waals surface area (Å²) in [5.74, 6) is 0.421. The number of hydrogen-bond acceptors (Lipinski definition) is 6. The minimum atomic E-state index is -0.126. The van der Waals surface area contributed by atoms with Gasteiger partial charge in [0.05, 0.1) is 46.3 Å². The van der Waals surface area contributed by atoms with E-state index in [0.717, 1.165) is 33.5 Å². The third-order valence-corrected chi connectivity index (χ3v) is 5.94.